The highest BCUT2D eigenvalue weighted by atomic mass is 32.2. The van der Waals surface area contributed by atoms with Crippen LogP contribution in [0.25, 0.3) is 0 Å². The van der Waals surface area contributed by atoms with Gasteiger partial charge in [-0.05, 0) is 38.2 Å². The van der Waals surface area contributed by atoms with Gasteiger partial charge in [0.2, 0.25) is 5.91 Å². The molecule has 7 heteroatoms. The minimum Gasteiger partial charge on any atom is -0.396 e. The molecule has 2 fully saturated rings. The van der Waals surface area contributed by atoms with Crippen molar-refractivity contribution in [2.75, 3.05) is 38.5 Å². The fourth-order valence-electron chi connectivity index (χ4n) is 3.13. The predicted molar refractivity (Wildman–Crippen MR) is 93.9 cm³/mol. The third-order valence-corrected chi connectivity index (χ3v) is 5.55. The lowest BCUT2D eigenvalue weighted by Gasteiger charge is -2.41. The van der Waals surface area contributed by atoms with E-state index in [1.807, 2.05) is 17.9 Å². The Kier molecular flexibility index (Phi) is 6.08. The third kappa shape index (κ3) is 4.91. The molecule has 6 nitrogen and oxygen atoms in total. The lowest BCUT2D eigenvalue weighted by molar-refractivity contribution is -0.131. The molecule has 1 aromatic rings. The Labute approximate surface area is 147 Å². The Morgan fingerprint density at radius 1 is 1.42 bits per heavy atom. The summed E-state index contributed by atoms with van der Waals surface area (Å²) in [5, 5.41) is 9.99. The Hall–Kier alpha value is -1.18. The second kappa shape index (κ2) is 8.27. The number of aryl methyl sites for hydroxylation is 1. The highest BCUT2D eigenvalue weighted by molar-refractivity contribution is 7.99. The van der Waals surface area contributed by atoms with E-state index in [4.69, 9.17) is 0 Å². The van der Waals surface area contributed by atoms with Gasteiger partial charge in [0.25, 0.3) is 0 Å². The second-order valence-electron chi connectivity index (χ2n) is 6.71. The maximum Gasteiger partial charge on any atom is 0.233 e. The molecule has 2 heterocycles. The molecule has 1 aliphatic carbocycles. The molecule has 1 N–H and O–H groups in total. The van der Waals surface area contributed by atoms with E-state index >= 15 is 0 Å². The van der Waals surface area contributed by atoms with Crippen LogP contribution >= 0.6 is 11.8 Å². The van der Waals surface area contributed by atoms with Crippen molar-refractivity contribution in [1.82, 2.24) is 19.8 Å². The van der Waals surface area contributed by atoms with E-state index in [0.29, 0.717) is 10.9 Å². The van der Waals surface area contributed by atoms with Crippen LogP contribution in [-0.4, -0.2) is 75.4 Å². The average Bonchev–Trinajstić information content (AvgIpc) is 3.38. The first kappa shape index (κ1) is 17.6. The summed E-state index contributed by atoms with van der Waals surface area (Å²) in [7, 11) is 0. The third-order valence-electron chi connectivity index (χ3n) is 4.71. The van der Waals surface area contributed by atoms with Crippen LogP contribution in [0.2, 0.25) is 0 Å². The molecule has 132 valence electrons. The van der Waals surface area contributed by atoms with Crippen LogP contribution in [0.5, 0.6) is 0 Å². The molecule has 24 heavy (non-hydrogen) atoms. The highest BCUT2D eigenvalue weighted by Gasteiger charge is 2.33. The molecule has 1 amide bonds. The smallest absolute Gasteiger partial charge is 0.233 e. The fourth-order valence-corrected chi connectivity index (χ4v) is 3.91. The number of hydrogen-bond donors (Lipinski definition) is 1. The van der Waals surface area contributed by atoms with E-state index in [-0.39, 0.29) is 18.6 Å². The first-order chi connectivity index (χ1) is 11.7. The number of aliphatic hydroxyl groups is 1. The highest BCUT2D eigenvalue weighted by Crippen LogP contribution is 2.31. The molecule has 1 atom stereocenters. The van der Waals surface area contributed by atoms with Gasteiger partial charge in [0.15, 0.2) is 5.16 Å². The van der Waals surface area contributed by atoms with Crippen molar-refractivity contribution in [2.24, 2.45) is 5.92 Å². The molecule has 0 aromatic carbocycles. The van der Waals surface area contributed by atoms with Gasteiger partial charge >= 0.3 is 0 Å². The molecule has 0 unspecified atom stereocenters. The van der Waals surface area contributed by atoms with Crippen LogP contribution in [-0.2, 0) is 4.79 Å². The Bertz CT molecular complexity index is 567. The lowest BCUT2D eigenvalue weighted by atomic mass is 10.1. The van der Waals surface area contributed by atoms with Crippen molar-refractivity contribution in [3.63, 3.8) is 0 Å². The molecule has 1 saturated heterocycles. The second-order valence-corrected chi connectivity index (χ2v) is 7.66. The predicted octanol–water partition coefficient (Wildman–Crippen LogP) is 1.18. The van der Waals surface area contributed by atoms with Crippen LogP contribution in [0.4, 0.5) is 0 Å². The molecule has 1 aromatic heterocycles. The number of thioether (sulfide) groups is 1. The van der Waals surface area contributed by atoms with Crippen LogP contribution in [0, 0.1) is 12.8 Å². The first-order valence-electron chi connectivity index (χ1n) is 8.71. The summed E-state index contributed by atoms with van der Waals surface area (Å²) in [4.78, 5) is 25.4. The topological polar surface area (TPSA) is 69.6 Å². The van der Waals surface area contributed by atoms with Gasteiger partial charge in [0.1, 0.15) is 0 Å². The van der Waals surface area contributed by atoms with Crippen LogP contribution < -0.4 is 0 Å². The summed E-state index contributed by atoms with van der Waals surface area (Å²) in [5.74, 6) is 1.35. The zero-order valence-corrected chi connectivity index (χ0v) is 15.0. The number of aliphatic hydroxyl groups excluding tert-OH is 1. The zero-order valence-electron chi connectivity index (χ0n) is 14.2. The van der Waals surface area contributed by atoms with Gasteiger partial charge in [-0.25, -0.2) is 9.97 Å². The molecular weight excluding hydrogens is 324 g/mol. The molecule has 0 radical (unpaired) electrons. The number of hydrogen-bond acceptors (Lipinski definition) is 6. The SMILES string of the molecule is Cc1ccnc(SCC(=O)N2CCN(CC3CC3)[C@@H](CCO)C2)n1. The summed E-state index contributed by atoms with van der Waals surface area (Å²) in [6.07, 6.45) is 5.13. The monoisotopic (exact) mass is 350 g/mol. The normalized spacial score (nSPS) is 21.9. The zero-order chi connectivity index (χ0) is 16.9. The number of aromatic nitrogens is 2. The van der Waals surface area contributed by atoms with E-state index < -0.39 is 0 Å². The maximum absolute atomic E-state index is 12.5. The van der Waals surface area contributed by atoms with Crippen molar-refractivity contribution < 1.29 is 9.90 Å². The lowest BCUT2D eigenvalue weighted by Crippen LogP contribution is -2.55. The maximum atomic E-state index is 12.5. The molecule has 1 saturated carbocycles. The van der Waals surface area contributed by atoms with Crippen molar-refractivity contribution >= 4 is 17.7 Å². The Balaban J connectivity index is 1.51. The van der Waals surface area contributed by atoms with Gasteiger partial charge in [-0.1, -0.05) is 11.8 Å². The summed E-state index contributed by atoms with van der Waals surface area (Å²) >= 11 is 1.40. The van der Waals surface area contributed by atoms with E-state index in [1.54, 1.807) is 6.20 Å². The quantitative estimate of drug-likeness (QED) is 0.588. The minimum absolute atomic E-state index is 0.138. The van der Waals surface area contributed by atoms with Gasteiger partial charge in [0, 0.05) is 50.7 Å². The van der Waals surface area contributed by atoms with Gasteiger partial charge < -0.3 is 10.0 Å². The number of rotatable bonds is 7. The summed E-state index contributed by atoms with van der Waals surface area (Å²) in [6, 6.07) is 2.14. The number of amides is 1. The van der Waals surface area contributed by atoms with Gasteiger partial charge in [-0.3, -0.25) is 9.69 Å². The van der Waals surface area contributed by atoms with Crippen LogP contribution in [0.15, 0.2) is 17.4 Å². The number of nitrogens with zero attached hydrogens (tertiary/aromatic N) is 4. The number of carbonyl (C=O) groups excluding carboxylic acids is 1. The molecular formula is C17H26N4O2S. The summed E-state index contributed by atoms with van der Waals surface area (Å²) < 4.78 is 0. The van der Waals surface area contributed by atoms with Crippen LogP contribution in [0.1, 0.15) is 25.0 Å². The van der Waals surface area contributed by atoms with Gasteiger partial charge in [-0.2, -0.15) is 0 Å². The van der Waals surface area contributed by atoms with E-state index in [0.717, 1.165) is 44.2 Å². The summed E-state index contributed by atoms with van der Waals surface area (Å²) in [6.45, 7) is 5.65. The summed E-state index contributed by atoms with van der Waals surface area (Å²) in [5.41, 5.74) is 0.914. The van der Waals surface area contributed by atoms with Gasteiger partial charge in [0.05, 0.1) is 5.75 Å². The van der Waals surface area contributed by atoms with E-state index in [9.17, 15) is 9.90 Å². The molecule has 1 aliphatic heterocycles. The molecule has 3 rings (SSSR count). The minimum atomic E-state index is 0.138. The average molecular weight is 350 g/mol. The Morgan fingerprint density at radius 3 is 2.96 bits per heavy atom. The van der Waals surface area contributed by atoms with Crippen LogP contribution in [0.3, 0.4) is 0 Å². The molecule has 0 spiro atoms. The first-order valence-corrected chi connectivity index (χ1v) is 9.69. The van der Waals surface area contributed by atoms with E-state index in [2.05, 4.69) is 14.9 Å². The number of piperazine rings is 1. The Morgan fingerprint density at radius 2 is 2.25 bits per heavy atom. The number of carbonyl (C=O) groups is 1. The van der Waals surface area contributed by atoms with Crippen molar-refractivity contribution in [3.8, 4) is 0 Å². The van der Waals surface area contributed by atoms with Crippen molar-refractivity contribution in [1.29, 1.82) is 0 Å². The van der Waals surface area contributed by atoms with E-state index in [1.165, 1.54) is 24.6 Å². The molecule has 0 bridgehead atoms. The largest absolute Gasteiger partial charge is 0.396 e. The standard InChI is InChI=1S/C17H26N4O2S/c1-13-4-6-18-17(19-13)24-12-16(23)21-8-7-20(10-14-2-3-14)15(11-21)5-9-22/h4,6,14-15,22H,2-3,5,7-12H2,1H3/t15-/m0/s1. The van der Waals surface area contributed by atoms with Crippen molar-refractivity contribution in [2.45, 2.75) is 37.4 Å². The van der Waals surface area contributed by atoms with Crippen molar-refractivity contribution in [3.05, 3.63) is 18.0 Å². The molecule has 2 aliphatic rings. The fraction of sp³-hybridized carbons (Fsp3) is 0.706. The van der Waals surface area contributed by atoms with Gasteiger partial charge in [-0.15, -0.1) is 0 Å².